The largest absolute Gasteiger partial charge is 0.496 e. The first-order chi connectivity index (χ1) is 9.22. The Hall–Kier alpha value is -1.26. The van der Waals surface area contributed by atoms with Crippen LogP contribution < -0.4 is 15.4 Å². The lowest BCUT2D eigenvalue weighted by Gasteiger charge is -2.26. The van der Waals surface area contributed by atoms with Crippen molar-refractivity contribution in [1.82, 2.24) is 10.6 Å². The second-order valence-corrected chi connectivity index (χ2v) is 4.96. The first kappa shape index (κ1) is 16.8. The summed E-state index contributed by atoms with van der Waals surface area (Å²) in [6, 6.07) is 7.76. The van der Waals surface area contributed by atoms with Crippen molar-refractivity contribution < 1.29 is 9.53 Å². The Labute approximate surface area is 126 Å². The molecular weight excluding hydrogens is 276 g/mol. The Morgan fingerprint density at radius 2 is 2.20 bits per heavy atom. The lowest BCUT2D eigenvalue weighted by atomic mass is 9.93. The molecule has 1 heterocycles. The van der Waals surface area contributed by atoms with E-state index in [9.17, 15) is 4.79 Å². The van der Waals surface area contributed by atoms with Crippen LogP contribution in [0.15, 0.2) is 24.3 Å². The van der Waals surface area contributed by atoms with Gasteiger partial charge in [-0.3, -0.25) is 4.79 Å². The summed E-state index contributed by atoms with van der Waals surface area (Å²) in [5.41, 5.74) is 0.629. The Bertz CT molecular complexity index is 445. The summed E-state index contributed by atoms with van der Waals surface area (Å²) in [7, 11) is 1.65. The summed E-state index contributed by atoms with van der Waals surface area (Å²) in [4.78, 5) is 12.4. The molecule has 2 N–H and O–H groups in total. The number of para-hydroxylation sites is 1. The zero-order valence-electron chi connectivity index (χ0n) is 12.1. The van der Waals surface area contributed by atoms with Gasteiger partial charge in [0.2, 0.25) is 5.91 Å². The van der Waals surface area contributed by atoms with E-state index in [0.29, 0.717) is 6.54 Å². The number of hydrogen-bond acceptors (Lipinski definition) is 3. The van der Waals surface area contributed by atoms with E-state index in [1.807, 2.05) is 24.3 Å². The van der Waals surface area contributed by atoms with Gasteiger partial charge in [0.15, 0.2) is 0 Å². The predicted octanol–water partition coefficient (Wildman–Crippen LogP) is 2.27. The summed E-state index contributed by atoms with van der Waals surface area (Å²) in [6.45, 7) is 3.49. The van der Waals surface area contributed by atoms with E-state index in [1.54, 1.807) is 7.11 Å². The number of ether oxygens (including phenoxy) is 1. The van der Waals surface area contributed by atoms with Crippen molar-refractivity contribution in [2.24, 2.45) is 0 Å². The molecule has 0 aliphatic carbocycles. The normalized spacial score (nSPS) is 21.1. The van der Waals surface area contributed by atoms with Crippen molar-refractivity contribution in [3.8, 4) is 5.75 Å². The monoisotopic (exact) mass is 298 g/mol. The number of rotatable bonds is 5. The smallest absolute Gasteiger partial charge is 0.240 e. The minimum atomic E-state index is -0.373. The number of hydrogen-bond donors (Lipinski definition) is 2. The summed E-state index contributed by atoms with van der Waals surface area (Å²) >= 11 is 0. The molecule has 2 rings (SSSR count). The van der Waals surface area contributed by atoms with E-state index in [-0.39, 0.29) is 23.9 Å². The second-order valence-electron chi connectivity index (χ2n) is 4.96. The first-order valence-corrected chi connectivity index (χ1v) is 6.87. The van der Waals surface area contributed by atoms with Crippen molar-refractivity contribution in [2.45, 2.75) is 38.3 Å². The van der Waals surface area contributed by atoms with Crippen LogP contribution in [-0.4, -0.2) is 25.1 Å². The zero-order chi connectivity index (χ0) is 13.7. The van der Waals surface area contributed by atoms with E-state index in [2.05, 4.69) is 17.6 Å². The molecule has 1 saturated heterocycles. The molecule has 1 atom stereocenters. The SMILES string of the molecule is CCC1(C(=O)NCc2ccccc2OC)CCCN1.Cl. The Morgan fingerprint density at radius 3 is 2.80 bits per heavy atom. The van der Waals surface area contributed by atoms with Crippen molar-refractivity contribution in [2.75, 3.05) is 13.7 Å². The van der Waals surface area contributed by atoms with E-state index in [0.717, 1.165) is 37.1 Å². The number of nitrogens with one attached hydrogen (secondary N) is 2. The molecule has 1 aliphatic heterocycles. The fraction of sp³-hybridized carbons (Fsp3) is 0.533. The predicted molar refractivity (Wildman–Crippen MR) is 82.3 cm³/mol. The minimum Gasteiger partial charge on any atom is -0.496 e. The maximum Gasteiger partial charge on any atom is 0.240 e. The number of amides is 1. The Morgan fingerprint density at radius 1 is 1.45 bits per heavy atom. The molecule has 1 fully saturated rings. The lowest BCUT2D eigenvalue weighted by Crippen LogP contribution is -2.52. The van der Waals surface area contributed by atoms with Gasteiger partial charge in [0.1, 0.15) is 5.75 Å². The van der Waals surface area contributed by atoms with Crippen molar-refractivity contribution >= 4 is 18.3 Å². The molecule has 0 aromatic heterocycles. The van der Waals surface area contributed by atoms with Gasteiger partial charge in [0.25, 0.3) is 0 Å². The van der Waals surface area contributed by atoms with Gasteiger partial charge in [-0.15, -0.1) is 12.4 Å². The van der Waals surface area contributed by atoms with Gasteiger partial charge < -0.3 is 15.4 Å². The molecule has 1 aliphatic rings. The van der Waals surface area contributed by atoms with Crippen LogP contribution >= 0.6 is 12.4 Å². The third-order valence-corrected chi connectivity index (χ3v) is 3.91. The van der Waals surface area contributed by atoms with Gasteiger partial charge in [-0.25, -0.2) is 0 Å². The standard InChI is InChI=1S/C15H22N2O2.ClH/c1-3-15(9-6-10-17-15)14(18)16-11-12-7-4-5-8-13(12)19-2;/h4-5,7-8,17H,3,6,9-11H2,1-2H3,(H,16,18);1H. The molecule has 1 amide bonds. The van der Waals surface area contributed by atoms with Gasteiger partial charge in [0, 0.05) is 12.1 Å². The summed E-state index contributed by atoms with van der Waals surface area (Å²) in [6.07, 6.45) is 2.81. The van der Waals surface area contributed by atoms with Crippen LogP contribution in [0.4, 0.5) is 0 Å². The third-order valence-electron chi connectivity index (χ3n) is 3.91. The molecule has 5 heteroatoms. The van der Waals surface area contributed by atoms with Crippen LogP contribution in [0.25, 0.3) is 0 Å². The molecule has 1 aromatic rings. The Balaban J connectivity index is 0.00000200. The van der Waals surface area contributed by atoms with Crippen LogP contribution in [0.2, 0.25) is 0 Å². The quantitative estimate of drug-likeness (QED) is 0.877. The zero-order valence-corrected chi connectivity index (χ0v) is 12.9. The van der Waals surface area contributed by atoms with Gasteiger partial charge >= 0.3 is 0 Å². The maximum atomic E-state index is 12.4. The highest BCUT2D eigenvalue weighted by Crippen LogP contribution is 2.24. The van der Waals surface area contributed by atoms with Crippen molar-refractivity contribution in [3.05, 3.63) is 29.8 Å². The second kappa shape index (κ2) is 7.50. The van der Waals surface area contributed by atoms with Crippen LogP contribution in [0.3, 0.4) is 0 Å². The number of halogens is 1. The molecule has 0 radical (unpaired) electrons. The highest BCUT2D eigenvalue weighted by atomic mass is 35.5. The van der Waals surface area contributed by atoms with E-state index < -0.39 is 0 Å². The summed E-state index contributed by atoms with van der Waals surface area (Å²) in [5, 5.41) is 6.37. The van der Waals surface area contributed by atoms with E-state index in [4.69, 9.17) is 4.74 Å². The fourth-order valence-electron chi connectivity index (χ4n) is 2.66. The topological polar surface area (TPSA) is 50.4 Å². The van der Waals surface area contributed by atoms with Gasteiger partial charge in [0.05, 0.1) is 12.6 Å². The average molecular weight is 299 g/mol. The average Bonchev–Trinajstić information content (AvgIpc) is 2.95. The molecular formula is C15H23ClN2O2. The van der Waals surface area contributed by atoms with Gasteiger partial charge in [-0.2, -0.15) is 0 Å². The minimum absolute atomic E-state index is 0. The molecule has 0 bridgehead atoms. The summed E-state index contributed by atoms with van der Waals surface area (Å²) in [5.74, 6) is 0.908. The number of carbonyl (C=O) groups excluding carboxylic acids is 1. The third kappa shape index (κ3) is 3.44. The number of methoxy groups -OCH3 is 1. The van der Waals surface area contributed by atoms with Crippen molar-refractivity contribution in [3.63, 3.8) is 0 Å². The van der Waals surface area contributed by atoms with Crippen LogP contribution in [0, 0.1) is 0 Å². The molecule has 112 valence electrons. The lowest BCUT2D eigenvalue weighted by molar-refractivity contribution is -0.127. The number of benzene rings is 1. The molecule has 0 spiro atoms. The maximum absolute atomic E-state index is 12.4. The van der Waals surface area contributed by atoms with E-state index >= 15 is 0 Å². The molecule has 4 nitrogen and oxygen atoms in total. The summed E-state index contributed by atoms with van der Waals surface area (Å²) < 4.78 is 5.29. The fourth-order valence-corrected chi connectivity index (χ4v) is 2.66. The van der Waals surface area contributed by atoms with Gasteiger partial charge in [-0.05, 0) is 31.9 Å². The molecule has 0 saturated carbocycles. The highest BCUT2D eigenvalue weighted by molar-refractivity contribution is 5.86. The molecule has 20 heavy (non-hydrogen) atoms. The highest BCUT2D eigenvalue weighted by Gasteiger charge is 2.38. The Kier molecular flexibility index (Phi) is 6.30. The number of carbonyl (C=O) groups is 1. The van der Waals surface area contributed by atoms with E-state index in [1.165, 1.54) is 0 Å². The first-order valence-electron chi connectivity index (χ1n) is 6.87. The molecule has 1 unspecified atom stereocenters. The molecule has 1 aromatic carbocycles. The van der Waals surface area contributed by atoms with Crippen LogP contribution in [-0.2, 0) is 11.3 Å². The van der Waals surface area contributed by atoms with Crippen molar-refractivity contribution in [1.29, 1.82) is 0 Å². The van der Waals surface area contributed by atoms with Gasteiger partial charge in [-0.1, -0.05) is 25.1 Å². The van der Waals surface area contributed by atoms with Crippen LogP contribution in [0.1, 0.15) is 31.7 Å². The van der Waals surface area contributed by atoms with Crippen LogP contribution in [0.5, 0.6) is 5.75 Å².